The van der Waals surface area contributed by atoms with Gasteiger partial charge in [-0.3, -0.25) is 10.1 Å². The van der Waals surface area contributed by atoms with Crippen LogP contribution in [0.3, 0.4) is 0 Å². The van der Waals surface area contributed by atoms with Crippen molar-refractivity contribution in [2.45, 2.75) is 0 Å². The molecule has 0 atom stereocenters. The molecule has 10 heteroatoms. The van der Waals surface area contributed by atoms with Gasteiger partial charge in [0.15, 0.2) is 5.11 Å². The van der Waals surface area contributed by atoms with Gasteiger partial charge < -0.3 is 15.4 Å². The standard InChI is InChI=1S/C19H12Cl3N3O3S/c20-11-1-4-15(5-2-11)28-16-9-13(8-14(10-16)25(26)27)23-19(29)24-18-6-3-12(21)7-17(18)22/h1-10H,(H2,23,24,29). The van der Waals surface area contributed by atoms with Crippen molar-refractivity contribution in [2.75, 3.05) is 10.6 Å². The smallest absolute Gasteiger partial charge is 0.275 e. The minimum atomic E-state index is -0.521. The molecule has 0 amide bonds. The van der Waals surface area contributed by atoms with Crippen molar-refractivity contribution in [3.8, 4) is 11.5 Å². The number of rotatable bonds is 5. The summed E-state index contributed by atoms with van der Waals surface area (Å²) in [7, 11) is 0. The minimum absolute atomic E-state index is 0.161. The summed E-state index contributed by atoms with van der Waals surface area (Å²) in [6, 6.07) is 15.7. The molecule has 0 unspecified atom stereocenters. The van der Waals surface area contributed by atoms with Gasteiger partial charge in [0.2, 0.25) is 0 Å². The fourth-order valence-corrected chi connectivity index (χ4v) is 3.14. The molecule has 0 saturated heterocycles. The van der Waals surface area contributed by atoms with E-state index in [0.29, 0.717) is 32.2 Å². The van der Waals surface area contributed by atoms with E-state index in [1.54, 1.807) is 48.5 Å². The van der Waals surface area contributed by atoms with Crippen LogP contribution in [0.4, 0.5) is 17.1 Å². The number of non-ortho nitro benzene ring substituents is 1. The Hall–Kier alpha value is -2.58. The van der Waals surface area contributed by atoms with E-state index in [-0.39, 0.29) is 16.5 Å². The van der Waals surface area contributed by atoms with Crippen LogP contribution in [0, 0.1) is 10.1 Å². The summed E-state index contributed by atoms with van der Waals surface area (Å²) in [6.45, 7) is 0. The molecule has 0 heterocycles. The average Bonchev–Trinajstić information content (AvgIpc) is 2.65. The lowest BCUT2D eigenvalue weighted by Crippen LogP contribution is -2.19. The molecule has 0 fully saturated rings. The van der Waals surface area contributed by atoms with Gasteiger partial charge in [-0.05, 0) is 54.7 Å². The quantitative estimate of drug-likeness (QED) is 0.235. The summed E-state index contributed by atoms with van der Waals surface area (Å²) in [5.41, 5.74) is 0.744. The molecule has 148 valence electrons. The first kappa shape index (κ1) is 21.1. The Balaban J connectivity index is 1.80. The number of hydrogen-bond acceptors (Lipinski definition) is 4. The third kappa shape index (κ3) is 5.95. The summed E-state index contributed by atoms with van der Waals surface area (Å²) >= 11 is 23.1. The Morgan fingerprint density at radius 3 is 2.24 bits per heavy atom. The highest BCUT2D eigenvalue weighted by atomic mass is 35.5. The minimum Gasteiger partial charge on any atom is -0.457 e. The molecule has 0 aromatic heterocycles. The predicted molar refractivity (Wildman–Crippen MR) is 121 cm³/mol. The molecule has 6 nitrogen and oxygen atoms in total. The topological polar surface area (TPSA) is 76.4 Å². The SMILES string of the molecule is O=[N+]([O-])c1cc(NC(=S)Nc2ccc(Cl)cc2Cl)cc(Oc2ccc(Cl)cc2)c1. The van der Waals surface area contributed by atoms with E-state index in [9.17, 15) is 10.1 Å². The largest absolute Gasteiger partial charge is 0.457 e. The number of ether oxygens (including phenoxy) is 1. The van der Waals surface area contributed by atoms with Crippen molar-refractivity contribution in [3.05, 3.63) is 85.8 Å². The molecule has 3 aromatic carbocycles. The third-order valence-electron chi connectivity index (χ3n) is 3.59. The molecule has 29 heavy (non-hydrogen) atoms. The lowest BCUT2D eigenvalue weighted by molar-refractivity contribution is -0.384. The average molecular weight is 469 g/mol. The normalized spacial score (nSPS) is 10.3. The highest BCUT2D eigenvalue weighted by Gasteiger charge is 2.13. The van der Waals surface area contributed by atoms with Gasteiger partial charge in [0.05, 0.1) is 27.4 Å². The molecule has 0 aliphatic rings. The zero-order valence-corrected chi connectivity index (χ0v) is 17.6. The predicted octanol–water partition coefficient (Wildman–Crippen LogP) is 7.16. The second-order valence-electron chi connectivity index (χ2n) is 5.73. The number of halogens is 3. The molecule has 3 aromatic rings. The first-order chi connectivity index (χ1) is 13.8. The first-order valence-electron chi connectivity index (χ1n) is 8.06. The number of hydrogen-bond donors (Lipinski definition) is 2. The molecule has 0 aliphatic carbocycles. The summed E-state index contributed by atoms with van der Waals surface area (Å²) in [6.07, 6.45) is 0. The van der Waals surface area contributed by atoms with Crippen LogP contribution in [0.15, 0.2) is 60.7 Å². The zero-order chi connectivity index (χ0) is 21.0. The number of nitrogens with one attached hydrogen (secondary N) is 2. The highest BCUT2D eigenvalue weighted by molar-refractivity contribution is 7.80. The van der Waals surface area contributed by atoms with Crippen molar-refractivity contribution in [2.24, 2.45) is 0 Å². The van der Waals surface area contributed by atoms with Crippen LogP contribution in [0.2, 0.25) is 15.1 Å². The second-order valence-corrected chi connectivity index (χ2v) is 7.42. The van der Waals surface area contributed by atoms with Crippen molar-refractivity contribution in [1.29, 1.82) is 0 Å². The molecule has 2 N–H and O–H groups in total. The highest BCUT2D eigenvalue weighted by Crippen LogP contribution is 2.31. The van der Waals surface area contributed by atoms with E-state index < -0.39 is 4.92 Å². The van der Waals surface area contributed by atoms with Crippen LogP contribution in [0.5, 0.6) is 11.5 Å². The van der Waals surface area contributed by atoms with Crippen LogP contribution in [-0.2, 0) is 0 Å². The fraction of sp³-hybridized carbons (Fsp3) is 0. The Morgan fingerprint density at radius 2 is 1.59 bits per heavy atom. The lowest BCUT2D eigenvalue weighted by Gasteiger charge is -2.13. The molecule has 3 rings (SSSR count). The lowest BCUT2D eigenvalue weighted by atomic mass is 10.2. The Morgan fingerprint density at radius 1 is 0.897 bits per heavy atom. The third-order valence-corrected chi connectivity index (χ3v) is 4.59. The Labute approximate surface area is 186 Å². The second kappa shape index (κ2) is 9.28. The van der Waals surface area contributed by atoms with Gasteiger partial charge in [0.1, 0.15) is 11.5 Å². The summed E-state index contributed by atoms with van der Waals surface area (Å²) in [5.74, 6) is 0.742. The molecular formula is C19H12Cl3N3O3S. The number of anilines is 2. The van der Waals surface area contributed by atoms with Crippen molar-refractivity contribution in [1.82, 2.24) is 0 Å². The van der Waals surface area contributed by atoms with Crippen molar-refractivity contribution >= 4 is 69.2 Å². The van der Waals surface area contributed by atoms with Crippen molar-refractivity contribution in [3.63, 3.8) is 0 Å². The zero-order valence-electron chi connectivity index (χ0n) is 14.5. The number of nitro groups is 1. The monoisotopic (exact) mass is 467 g/mol. The maximum absolute atomic E-state index is 11.3. The van der Waals surface area contributed by atoms with Gasteiger partial charge in [-0.2, -0.15) is 0 Å². The van der Waals surface area contributed by atoms with Gasteiger partial charge in [-0.15, -0.1) is 0 Å². The molecule has 0 spiro atoms. The molecule has 0 bridgehead atoms. The van der Waals surface area contributed by atoms with Crippen LogP contribution >= 0.6 is 47.0 Å². The summed E-state index contributed by atoms with van der Waals surface area (Å²) < 4.78 is 5.69. The molecule has 0 aliphatic heterocycles. The van der Waals surface area contributed by atoms with E-state index in [0.717, 1.165) is 0 Å². The maximum atomic E-state index is 11.3. The van der Waals surface area contributed by atoms with Crippen LogP contribution in [0.25, 0.3) is 0 Å². The Bertz CT molecular complexity index is 1080. The first-order valence-corrected chi connectivity index (χ1v) is 9.60. The van der Waals surface area contributed by atoms with E-state index in [1.807, 2.05) is 0 Å². The number of nitro benzene ring substituents is 1. The summed E-state index contributed by atoms with van der Waals surface area (Å²) in [4.78, 5) is 10.8. The van der Waals surface area contributed by atoms with Gasteiger partial charge in [-0.1, -0.05) is 34.8 Å². The van der Waals surface area contributed by atoms with E-state index >= 15 is 0 Å². The molecule has 0 saturated carbocycles. The van der Waals surface area contributed by atoms with Gasteiger partial charge in [0.25, 0.3) is 5.69 Å². The van der Waals surface area contributed by atoms with Gasteiger partial charge >= 0.3 is 0 Å². The van der Waals surface area contributed by atoms with Gasteiger partial charge in [-0.25, -0.2) is 0 Å². The fourth-order valence-electron chi connectivity index (χ4n) is 2.33. The van der Waals surface area contributed by atoms with E-state index in [2.05, 4.69) is 10.6 Å². The number of thiocarbonyl (C=S) groups is 1. The molecular weight excluding hydrogens is 457 g/mol. The van der Waals surface area contributed by atoms with Crippen molar-refractivity contribution < 1.29 is 9.66 Å². The summed E-state index contributed by atoms with van der Waals surface area (Å²) in [5, 5.41) is 18.7. The van der Waals surface area contributed by atoms with Crippen LogP contribution in [0.1, 0.15) is 0 Å². The van der Waals surface area contributed by atoms with Crippen LogP contribution in [-0.4, -0.2) is 10.0 Å². The Kier molecular flexibility index (Phi) is 6.76. The van der Waals surface area contributed by atoms with Gasteiger partial charge in [0, 0.05) is 22.2 Å². The van der Waals surface area contributed by atoms with E-state index in [4.69, 9.17) is 51.8 Å². The molecule has 0 radical (unpaired) electrons. The van der Waals surface area contributed by atoms with Crippen LogP contribution < -0.4 is 15.4 Å². The number of nitrogens with zero attached hydrogens (tertiary/aromatic N) is 1. The maximum Gasteiger partial charge on any atom is 0.275 e. The van der Waals surface area contributed by atoms with E-state index in [1.165, 1.54) is 12.1 Å². The number of benzene rings is 3.